The second kappa shape index (κ2) is 5.65. The Morgan fingerprint density at radius 1 is 1.18 bits per heavy atom. The molecule has 1 unspecified atom stereocenters. The molecule has 4 nitrogen and oxygen atoms in total. The van der Waals surface area contributed by atoms with E-state index < -0.39 is 0 Å². The third kappa shape index (κ3) is 2.99. The molecule has 4 heteroatoms. The van der Waals surface area contributed by atoms with Crippen molar-refractivity contribution >= 4 is 0 Å². The van der Waals surface area contributed by atoms with Crippen LogP contribution in [0, 0.1) is 5.92 Å². The van der Waals surface area contributed by atoms with Crippen molar-refractivity contribution in [3.8, 4) is 0 Å². The van der Waals surface area contributed by atoms with Crippen molar-refractivity contribution in [2.75, 3.05) is 52.9 Å². The van der Waals surface area contributed by atoms with Crippen LogP contribution in [0.5, 0.6) is 0 Å². The molecular weight excluding hydrogens is 214 g/mol. The average molecular weight is 241 g/mol. The molecule has 100 valence electrons. The highest BCUT2D eigenvalue weighted by molar-refractivity contribution is 5.02. The molecule has 1 aliphatic carbocycles. The lowest BCUT2D eigenvalue weighted by atomic mass is 9.93. The van der Waals surface area contributed by atoms with E-state index in [1.807, 2.05) is 7.05 Å². The van der Waals surface area contributed by atoms with E-state index in [4.69, 9.17) is 0 Å². The number of aliphatic hydroxyl groups is 1. The van der Waals surface area contributed by atoms with Crippen LogP contribution in [0.3, 0.4) is 0 Å². The maximum Gasteiger partial charge on any atom is 0.0628 e. The zero-order valence-electron chi connectivity index (χ0n) is 11.3. The van der Waals surface area contributed by atoms with Gasteiger partial charge in [-0.15, -0.1) is 0 Å². The quantitative estimate of drug-likeness (QED) is 0.686. The Morgan fingerprint density at radius 3 is 2.18 bits per heavy atom. The number of likely N-dealkylation sites (N-methyl/N-ethyl adjacent to an activating group) is 2. The lowest BCUT2D eigenvalue weighted by molar-refractivity contribution is 0.0655. The molecular formula is C13H27N3O. The van der Waals surface area contributed by atoms with Gasteiger partial charge in [-0.2, -0.15) is 0 Å². The van der Waals surface area contributed by atoms with E-state index in [-0.39, 0.29) is 12.1 Å². The Balaban J connectivity index is 1.86. The van der Waals surface area contributed by atoms with Gasteiger partial charge in [0.2, 0.25) is 0 Å². The maximum absolute atomic E-state index is 9.72. The van der Waals surface area contributed by atoms with Crippen LogP contribution in [0.2, 0.25) is 0 Å². The summed E-state index contributed by atoms with van der Waals surface area (Å²) in [5.74, 6) is 0.682. The highest BCUT2D eigenvalue weighted by atomic mass is 16.3. The molecule has 17 heavy (non-hydrogen) atoms. The Kier molecular flexibility index (Phi) is 4.42. The summed E-state index contributed by atoms with van der Waals surface area (Å²) in [5, 5.41) is 13.1. The normalized spacial score (nSPS) is 27.0. The van der Waals surface area contributed by atoms with E-state index in [0.717, 1.165) is 26.2 Å². The number of nitrogens with one attached hydrogen (secondary N) is 1. The minimum absolute atomic E-state index is 0.0472. The summed E-state index contributed by atoms with van der Waals surface area (Å²) in [7, 11) is 2.00. The van der Waals surface area contributed by atoms with Gasteiger partial charge in [0, 0.05) is 32.7 Å². The number of rotatable bonds is 6. The smallest absolute Gasteiger partial charge is 0.0628 e. The molecule has 1 aliphatic heterocycles. The fourth-order valence-corrected chi connectivity index (χ4v) is 2.97. The summed E-state index contributed by atoms with van der Waals surface area (Å²) < 4.78 is 0. The lowest BCUT2D eigenvalue weighted by Gasteiger charge is -2.41. The van der Waals surface area contributed by atoms with Crippen molar-refractivity contribution in [1.29, 1.82) is 0 Å². The molecule has 1 saturated heterocycles. The predicted molar refractivity (Wildman–Crippen MR) is 70.2 cm³/mol. The molecule has 0 radical (unpaired) electrons. The summed E-state index contributed by atoms with van der Waals surface area (Å²) in [4.78, 5) is 5.00. The first kappa shape index (κ1) is 13.3. The van der Waals surface area contributed by atoms with Crippen LogP contribution < -0.4 is 5.32 Å². The summed E-state index contributed by atoms with van der Waals surface area (Å²) >= 11 is 0. The lowest BCUT2D eigenvalue weighted by Crippen LogP contribution is -2.59. The molecule has 0 spiro atoms. The van der Waals surface area contributed by atoms with Crippen LogP contribution in [0.4, 0.5) is 0 Å². The SMILES string of the molecule is CCN1CCN(CC(CO)(NC)C2CC2)CC1. The minimum atomic E-state index is -0.0472. The third-order valence-corrected chi connectivity index (χ3v) is 4.56. The second-order valence-electron chi connectivity index (χ2n) is 5.55. The van der Waals surface area contributed by atoms with E-state index in [1.165, 1.54) is 25.9 Å². The van der Waals surface area contributed by atoms with Gasteiger partial charge in [-0.3, -0.25) is 4.90 Å². The maximum atomic E-state index is 9.72. The molecule has 2 N–H and O–H groups in total. The zero-order chi connectivity index (χ0) is 12.3. The van der Waals surface area contributed by atoms with Crippen LogP contribution >= 0.6 is 0 Å². The molecule has 1 atom stereocenters. The van der Waals surface area contributed by atoms with Crippen LogP contribution in [0.1, 0.15) is 19.8 Å². The van der Waals surface area contributed by atoms with Crippen molar-refractivity contribution in [3.63, 3.8) is 0 Å². The Bertz CT molecular complexity index is 231. The average Bonchev–Trinajstić information content (AvgIpc) is 3.21. The topological polar surface area (TPSA) is 38.7 Å². The first-order valence-electron chi connectivity index (χ1n) is 6.98. The monoisotopic (exact) mass is 241 g/mol. The Morgan fingerprint density at radius 2 is 1.76 bits per heavy atom. The summed E-state index contributed by atoms with van der Waals surface area (Å²) in [6.45, 7) is 9.29. The highest BCUT2D eigenvalue weighted by Crippen LogP contribution is 2.39. The molecule has 0 aromatic rings. The highest BCUT2D eigenvalue weighted by Gasteiger charge is 2.44. The number of aliphatic hydroxyl groups excluding tert-OH is 1. The van der Waals surface area contributed by atoms with Crippen LogP contribution in [-0.2, 0) is 0 Å². The van der Waals surface area contributed by atoms with E-state index in [1.54, 1.807) is 0 Å². The Hall–Kier alpha value is -0.160. The molecule has 2 fully saturated rings. The first-order chi connectivity index (χ1) is 8.24. The predicted octanol–water partition coefficient (Wildman–Crippen LogP) is -0.0156. The van der Waals surface area contributed by atoms with Gasteiger partial charge in [0.05, 0.1) is 12.1 Å². The van der Waals surface area contributed by atoms with Gasteiger partial charge in [-0.1, -0.05) is 6.92 Å². The fourth-order valence-electron chi connectivity index (χ4n) is 2.97. The largest absolute Gasteiger partial charge is 0.394 e. The molecule has 2 aliphatic rings. The molecule has 1 heterocycles. The van der Waals surface area contributed by atoms with Gasteiger partial charge in [0.25, 0.3) is 0 Å². The van der Waals surface area contributed by atoms with Gasteiger partial charge < -0.3 is 15.3 Å². The van der Waals surface area contributed by atoms with Gasteiger partial charge in [0.1, 0.15) is 0 Å². The first-order valence-corrected chi connectivity index (χ1v) is 6.98. The standard InChI is InChI=1S/C13H27N3O/c1-3-15-6-8-16(9-7-15)10-13(11-17,14-2)12-4-5-12/h12,14,17H,3-11H2,1-2H3. The van der Waals surface area contributed by atoms with E-state index in [0.29, 0.717) is 5.92 Å². The van der Waals surface area contributed by atoms with Gasteiger partial charge in [-0.25, -0.2) is 0 Å². The number of hydrogen-bond donors (Lipinski definition) is 2. The van der Waals surface area contributed by atoms with Crippen LogP contribution in [-0.4, -0.2) is 73.4 Å². The molecule has 0 aromatic heterocycles. The number of piperazine rings is 1. The van der Waals surface area contributed by atoms with Crippen molar-refractivity contribution in [3.05, 3.63) is 0 Å². The van der Waals surface area contributed by atoms with Crippen LogP contribution in [0.15, 0.2) is 0 Å². The zero-order valence-corrected chi connectivity index (χ0v) is 11.3. The van der Waals surface area contributed by atoms with E-state index in [9.17, 15) is 5.11 Å². The van der Waals surface area contributed by atoms with Gasteiger partial charge in [0.15, 0.2) is 0 Å². The number of hydrogen-bond acceptors (Lipinski definition) is 4. The van der Waals surface area contributed by atoms with Gasteiger partial charge in [-0.05, 0) is 32.4 Å². The molecule has 0 bridgehead atoms. The number of nitrogens with zero attached hydrogens (tertiary/aromatic N) is 2. The fraction of sp³-hybridized carbons (Fsp3) is 1.00. The third-order valence-electron chi connectivity index (χ3n) is 4.56. The summed E-state index contributed by atoms with van der Waals surface area (Å²) in [6, 6.07) is 0. The van der Waals surface area contributed by atoms with E-state index in [2.05, 4.69) is 22.0 Å². The molecule has 0 aromatic carbocycles. The minimum Gasteiger partial charge on any atom is -0.394 e. The van der Waals surface area contributed by atoms with Crippen molar-refractivity contribution < 1.29 is 5.11 Å². The molecule has 0 amide bonds. The van der Waals surface area contributed by atoms with Gasteiger partial charge >= 0.3 is 0 Å². The Labute approximate surface area is 105 Å². The molecule has 1 saturated carbocycles. The van der Waals surface area contributed by atoms with Crippen molar-refractivity contribution in [2.24, 2.45) is 5.92 Å². The van der Waals surface area contributed by atoms with Crippen molar-refractivity contribution in [1.82, 2.24) is 15.1 Å². The summed E-state index contributed by atoms with van der Waals surface area (Å²) in [6.07, 6.45) is 2.55. The van der Waals surface area contributed by atoms with E-state index >= 15 is 0 Å². The molecule has 2 rings (SSSR count). The second-order valence-corrected chi connectivity index (χ2v) is 5.55. The van der Waals surface area contributed by atoms with Crippen molar-refractivity contribution in [2.45, 2.75) is 25.3 Å². The van der Waals surface area contributed by atoms with Crippen LogP contribution in [0.25, 0.3) is 0 Å². The summed E-state index contributed by atoms with van der Waals surface area (Å²) in [5.41, 5.74) is -0.0472.